The Bertz CT molecular complexity index is 735. The van der Waals surface area contributed by atoms with E-state index in [9.17, 15) is 13.5 Å². The van der Waals surface area contributed by atoms with Crippen molar-refractivity contribution in [3.63, 3.8) is 0 Å². The Morgan fingerprint density at radius 2 is 1.95 bits per heavy atom. The van der Waals surface area contributed by atoms with Gasteiger partial charge in [-0.15, -0.1) is 0 Å². The zero-order valence-corrected chi connectivity index (χ0v) is 12.4. The molecule has 0 aliphatic rings. The summed E-state index contributed by atoms with van der Waals surface area (Å²) in [7, 11) is -3.78. The van der Waals surface area contributed by atoms with Crippen molar-refractivity contribution >= 4 is 15.7 Å². The van der Waals surface area contributed by atoms with Gasteiger partial charge in [-0.25, -0.2) is 8.42 Å². The number of aryl methyl sites for hydroxylation is 2. The highest BCUT2D eigenvalue weighted by molar-refractivity contribution is 7.92. The van der Waals surface area contributed by atoms with Crippen molar-refractivity contribution in [1.82, 2.24) is 9.78 Å². The van der Waals surface area contributed by atoms with E-state index in [1.807, 2.05) is 6.92 Å². The molecule has 2 rings (SSSR count). The molecule has 7 heteroatoms. The smallest absolute Gasteiger partial charge is 0.265 e. The first kappa shape index (κ1) is 14.4. The molecule has 6 nitrogen and oxygen atoms in total. The predicted octanol–water partition coefficient (Wildman–Crippen LogP) is 2.03. The normalized spacial score (nSPS) is 11.6. The molecule has 0 spiro atoms. The number of phenolic OH excluding ortho intramolecular Hbond substituents is 1. The molecule has 0 amide bonds. The van der Waals surface area contributed by atoms with Crippen LogP contribution >= 0.6 is 0 Å². The number of aromatic hydroxyl groups is 1. The maximum Gasteiger partial charge on any atom is 0.265 e. The number of anilines is 1. The van der Waals surface area contributed by atoms with Gasteiger partial charge in [0.1, 0.15) is 10.6 Å². The van der Waals surface area contributed by atoms with Crippen LogP contribution < -0.4 is 4.72 Å². The van der Waals surface area contributed by atoms with Crippen LogP contribution in [0.25, 0.3) is 0 Å². The fourth-order valence-corrected chi connectivity index (χ4v) is 3.62. The molecule has 0 unspecified atom stereocenters. The van der Waals surface area contributed by atoms with Crippen LogP contribution in [-0.2, 0) is 16.6 Å². The summed E-state index contributed by atoms with van der Waals surface area (Å²) in [5.41, 5.74) is 1.16. The molecule has 1 aromatic carbocycles. The Morgan fingerprint density at radius 1 is 1.30 bits per heavy atom. The number of phenols is 1. The summed E-state index contributed by atoms with van der Waals surface area (Å²) in [5.74, 6) is -0.116. The van der Waals surface area contributed by atoms with Gasteiger partial charge in [0.25, 0.3) is 10.0 Å². The number of nitrogens with one attached hydrogen (secondary N) is 1. The predicted molar refractivity (Wildman–Crippen MR) is 76.3 cm³/mol. The number of aromatic nitrogens is 2. The average molecular weight is 295 g/mol. The monoisotopic (exact) mass is 295 g/mol. The van der Waals surface area contributed by atoms with Crippen molar-refractivity contribution in [2.45, 2.75) is 32.2 Å². The van der Waals surface area contributed by atoms with Gasteiger partial charge in [0.2, 0.25) is 0 Å². The lowest BCUT2D eigenvalue weighted by molar-refractivity contribution is 0.477. The van der Waals surface area contributed by atoms with Gasteiger partial charge in [-0.2, -0.15) is 5.10 Å². The van der Waals surface area contributed by atoms with Crippen LogP contribution in [0.2, 0.25) is 0 Å². The van der Waals surface area contributed by atoms with Crippen molar-refractivity contribution in [2.75, 3.05) is 4.72 Å². The highest BCUT2D eigenvalue weighted by Crippen LogP contribution is 2.27. The molecule has 0 saturated carbocycles. The Labute approximate surface area is 118 Å². The third kappa shape index (κ3) is 2.49. The third-order valence-electron chi connectivity index (χ3n) is 3.03. The standard InChI is InChI=1S/C13H17N3O3S/c1-4-16-10(3)13(9(2)14-16)20(18,19)15-11-7-5-6-8-12(11)17/h5-8,15,17H,4H2,1-3H3. The topological polar surface area (TPSA) is 84.2 Å². The molecule has 20 heavy (non-hydrogen) atoms. The number of benzene rings is 1. The van der Waals surface area contributed by atoms with Crippen LogP contribution in [0.1, 0.15) is 18.3 Å². The summed E-state index contributed by atoms with van der Waals surface area (Å²) in [4.78, 5) is 0.155. The summed E-state index contributed by atoms with van der Waals surface area (Å²) in [6.07, 6.45) is 0. The number of rotatable bonds is 4. The van der Waals surface area contributed by atoms with Gasteiger partial charge >= 0.3 is 0 Å². The number of nitrogens with zero attached hydrogens (tertiary/aromatic N) is 2. The van der Waals surface area contributed by atoms with E-state index in [1.54, 1.807) is 30.7 Å². The van der Waals surface area contributed by atoms with E-state index in [4.69, 9.17) is 0 Å². The number of sulfonamides is 1. The van der Waals surface area contributed by atoms with Crippen LogP contribution in [0.15, 0.2) is 29.2 Å². The zero-order valence-electron chi connectivity index (χ0n) is 11.6. The second kappa shape index (κ2) is 5.16. The summed E-state index contributed by atoms with van der Waals surface area (Å²) in [5, 5.41) is 13.9. The van der Waals surface area contributed by atoms with Crippen molar-refractivity contribution in [3.8, 4) is 5.75 Å². The lowest BCUT2D eigenvalue weighted by atomic mass is 10.3. The lowest BCUT2D eigenvalue weighted by Gasteiger charge is -2.09. The van der Waals surface area contributed by atoms with Gasteiger partial charge in [0.15, 0.2) is 0 Å². The fourth-order valence-electron chi connectivity index (χ4n) is 2.13. The molecule has 1 aromatic heterocycles. The molecule has 0 radical (unpaired) electrons. The van der Waals surface area contributed by atoms with Crippen LogP contribution in [0.4, 0.5) is 5.69 Å². The molecule has 0 atom stereocenters. The van der Waals surface area contributed by atoms with Crippen LogP contribution in [0.5, 0.6) is 5.75 Å². The molecule has 1 heterocycles. The third-order valence-corrected chi connectivity index (χ3v) is 4.65. The molecule has 0 aliphatic carbocycles. The first-order valence-corrected chi connectivity index (χ1v) is 7.70. The van der Waals surface area contributed by atoms with Gasteiger partial charge in [-0.05, 0) is 32.9 Å². The van der Waals surface area contributed by atoms with Gasteiger partial charge in [-0.3, -0.25) is 9.40 Å². The molecule has 0 saturated heterocycles. The number of para-hydroxylation sites is 2. The molecule has 0 bridgehead atoms. The highest BCUT2D eigenvalue weighted by atomic mass is 32.2. The van der Waals surface area contributed by atoms with E-state index < -0.39 is 10.0 Å². The molecule has 2 aromatic rings. The van der Waals surface area contributed by atoms with E-state index >= 15 is 0 Å². The molecule has 0 fully saturated rings. The van der Waals surface area contributed by atoms with Gasteiger partial charge in [-0.1, -0.05) is 12.1 Å². The lowest BCUT2D eigenvalue weighted by Crippen LogP contribution is -2.15. The first-order chi connectivity index (χ1) is 9.36. The summed E-state index contributed by atoms with van der Waals surface area (Å²) >= 11 is 0. The highest BCUT2D eigenvalue weighted by Gasteiger charge is 2.25. The molecule has 2 N–H and O–H groups in total. The van der Waals surface area contributed by atoms with Crippen LogP contribution in [0, 0.1) is 13.8 Å². The quantitative estimate of drug-likeness (QED) is 0.845. The molecular weight excluding hydrogens is 278 g/mol. The van der Waals surface area contributed by atoms with Crippen molar-refractivity contribution < 1.29 is 13.5 Å². The summed E-state index contributed by atoms with van der Waals surface area (Å²) in [6, 6.07) is 6.19. The number of hydrogen-bond donors (Lipinski definition) is 2. The second-order valence-electron chi connectivity index (χ2n) is 4.44. The Balaban J connectivity index is 2.47. The fraction of sp³-hybridized carbons (Fsp3) is 0.308. The van der Waals surface area contributed by atoms with Crippen LogP contribution in [0.3, 0.4) is 0 Å². The molecular formula is C13H17N3O3S. The van der Waals surface area contributed by atoms with E-state index in [0.29, 0.717) is 17.9 Å². The SMILES string of the molecule is CCn1nc(C)c(S(=O)(=O)Nc2ccccc2O)c1C. The molecule has 0 aliphatic heterocycles. The molecule has 108 valence electrons. The van der Waals surface area contributed by atoms with Crippen molar-refractivity contribution in [1.29, 1.82) is 0 Å². The Kier molecular flexibility index (Phi) is 3.71. The minimum absolute atomic E-state index is 0.116. The minimum Gasteiger partial charge on any atom is -0.506 e. The van der Waals surface area contributed by atoms with E-state index in [0.717, 1.165) is 0 Å². The summed E-state index contributed by atoms with van der Waals surface area (Å²) < 4.78 is 28.9. The Morgan fingerprint density at radius 3 is 2.50 bits per heavy atom. The zero-order chi connectivity index (χ0) is 14.9. The van der Waals surface area contributed by atoms with E-state index in [-0.39, 0.29) is 16.3 Å². The van der Waals surface area contributed by atoms with Gasteiger partial charge < -0.3 is 5.11 Å². The summed E-state index contributed by atoms with van der Waals surface area (Å²) in [6.45, 7) is 5.85. The maximum absolute atomic E-state index is 12.4. The van der Waals surface area contributed by atoms with Gasteiger partial charge in [0, 0.05) is 6.54 Å². The van der Waals surface area contributed by atoms with Gasteiger partial charge in [0.05, 0.1) is 17.1 Å². The van der Waals surface area contributed by atoms with Crippen LogP contribution in [-0.4, -0.2) is 23.3 Å². The first-order valence-electron chi connectivity index (χ1n) is 6.21. The number of hydrogen-bond acceptors (Lipinski definition) is 4. The Hall–Kier alpha value is -2.02. The maximum atomic E-state index is 12.4. The largest absolute Gasteiger partial charge is 0.506 e. The van der Waals surface area contributed by atoms with E-state index in [2.05, 4.69) is 9.82 Å². The second-order valence-corrected chi connectivity index (χ2v) is 6.06. The minimum atomic E-state index is -3.78. The van der Waals surface area contributed by atoms with Crippen molar-refractivity contribution in [2.24, 2.45) is 0 Å². The van der Waals surface area contributed by atoms with E-state index in [1.165, 1.54) is 12.1 Å². The average Bonchev–Trinajstić information content (AvgIpc) is 2.67. The van der Waals surface area contributed by atoms with Crippen molar-refractivity contribution in [3.05, 3.63) is 35.7 Å².